The number of nitrogens with one attached hydrogen (secondary N) is 1. The number of fused-ring (bicyclic) bond motifs is 1. The normalized spacial score (nSPS) is 11.0. The van der Waals surface area contributed by atoms with Gasteiger partial charge in [0, 0.05) is 11.6 Å². The van der Waals surface area contributed by atoms with Crippen LogP contribution in [0.1, 0.15) is 11.1 Å². The summed E-state index contributed by atoms with van der Waals surface area (Å²) in [6, 6.07) is 7.43. The first kappa shape index (κ1) is 13.4. The Morgan fingerprint density at radius 2 is 1.71 bits per heavy atom. The van der Waals surface area contributed by atoms with Crippen molar-refractivity contribution >= 4 is 10.9 Å². The fraction of sp³-hybridized carbons (Fsp3) is 0.125. The highest BCUT2D eigenvalue weighted by Crippen LogP contribution is 2.20. The molecule has 0 saturated heterocycles. The minimum Gasteiger partial charge on any atom is -0.306 e. The zero-order valence-electron chi connectivity index (χ0n) is 11.5. The fourth-order valence-corrected chi connectivity index (χ4v) is 2.16. The van der Waals surface area contributed by atoms with Gasteiger partial charge in [0.05, 0.1) is 10.9 Å². The van der Waals surface area contributed by atoms with Crippen molar-refractivity contribution in [3.05, 3.63) is 63.4 Å². The van der Waals surface area contributed by atoms with Gasteiger partial charge >= 0.3 is 0 Å². The molecule has 3 rings (SSSR count). The Labute approximate surface area is 119 Å². The van der Waals surface area contributed by atoms with E-state index in [-0.39, 0.29) is 10.9 Å². The Hall–Kier alpha value is -2.56. The van der Waals surface area contributed by atoms with Crippen molar-refractivity contribution in [2.45, 2.75) is 13.8 Å². The van der Waals surface area contributed by atoms with E-state index in [1.165, 1.54) is 0 Å². The fourth-order valence-electron chi connectivity index (χ4n) is 2.16. The van der Waals surface area contributed by atoms with Crippen molar-refractivity contribution in [1.82, 2.24) is 9.97 Å². The molecule has 21 heavy (non-hydrogen) atoms. The molecule has 1 N–H and O–H groups in total. The summed E-state index contributed by atoms with van der Waals surface area (Å²) < 4.78 is 26.5. The van der Waals surface area contributed by atoms with Crippen LogP contribution in [0, 0.1) is 25.5 Å². The number of nitrogens with zero attached hydrogens (tertiary/aromatic N) is 1. The first-order chi connectivity index (χ1) is 9.95. The summed E-state index contributed by atoms with van der Waals surface area (Å²) in [5, 5.41) is 0.0292. The summed E-state index contributed by atoms with van der Waals surface area (Å²) in [5.74, 6) is -1.75. The van der Waals surface area contributed by atoms with Crippen molar-refractivity contribution in [2.24, 2.45) is 0 Å². The average molecular weight is 286 g/mol. The van der Waals surface area contributed by atoms with Gasteiger partial charge in [-0.15, -0.1) is 0 Å². The molecule has 1 heterocycles. The smallest absolute Gasteiger partial charge is 0.259 e. The molecular formula is C16H12F2N2O. The van der Waals surface area contributed by atoms with E-state index < -0.39 is 17.2 Å². The topological polar surface area (TPSA) is 45.8 Å². The van der Waals surface area contributed by atoms with Crippen molar-refractivity contribution in [1.29, 1.82) is 0 Å². The highest BCUT2D eigenvalue weighted by molar-refractivity contribution is 5.79. The van der Waals surface area contributed by atoms with Gasteiger partial charge in [0.2, 0.25) is 0 Å². The predicted molar refractivity (Wildman–Crippen MR) is 77.2 cm³/mol. The van der Waals surface area contributed by atoms with Crippen LogP contribution in [0.2, 0.25) is 0 Å². The van der Waals surface area contributed by atoms with Gasteiger partial charge in [-0.2, -0.15) is 0 Å². The molecule has 0 amide bonds. The maximum Gasteiger partial charge on any atom is 0.259 e. The van der Waals surface area contributed by atoms with Crippen LogP contribution in [0.4, 0.5) is 8.78 Å². The van der Waals surface area contributed by atoms with Gasteiger partial charge in [-0.1, -0.05) is 12.1 Å². The Kier molecular flexibility index (Phi) is 3.05. The Morgan fingerprint density at radius 1 is 1.00 bits per heavy atom. The molecule has 2 aromatic carbocycles. The largest absolute Gasteiger partial charge is 0.306 e. The molecule has 0 saturated carbocycles. The Bertz CT molecular complexity index is 916. The molecule has 3 aromatic rings. The average Bonchev–Trinajstić information content (AvgIpc) is 2.44. The standard InChI is InChI=1S/C16H12F2N2O/c1-8-3-4-10(5-9(8)2)15-19-14-7-13(18)12(17)6-11(14)16(21)20-15/h3-7H,1-2H3,(H,19,20,21). The third kappa shape index (κ3) is 2.31. The first-order valence-electron chi connectivity index (χ1n) is 6.42. The van der Waals surface area contributed by atoms with Crippen molar-refractivity contribution < 1.29 is 8.78 Å². The van der Waals surface area contributed by atoms with E-state index in [0.29, 0.717) is 5.82 Å². The first-order valence-corrected chi connectivity index (χ1v) is 6.42. The zero-order chi connectivity index (χ0) is 15.1. The van der Waals surface area contributed by atoms with Crippen molar-refractivity contribution in [3.8, 4) is 11.4 Å². The van der Waals surface area contributed by atoms with Gasteiger partial charge in [-0.25, -0.2) is 13.8 Å². The van der Waals surface area contributed by atoms with Crippen LogP contribution in [-0.2, 0) is 0 Å². The summed E-state index contributed by atoms with van der Waals surface area (Å²) in [4.78, 5) is 18.8. The second-order valence-corrected chi connectivity index (χ2v) is 5.00. The SMILES string of the molecule is Cc1ccc(-c2nc3cc(F)c(F)cc3c(=O)[nH]2)cc1C. The van der Waals surface area contributed by atoms with E-state index in [1.54, 1.807) is 0 Å². The van der Waals surface area contributed by atoms with Crippen molar-refractivity contribution in [2.75, 3.05) is 0 Å². The third-order valence-corrected chi connectivity index (χ3v) is 3.53. The van der Waals surface area contributed by atoms with E-state index in [9.17, 15) is 13.6 Å². The highest BCUT2D eigenvalue weighted by atomic mass is 19.2. The molecule has 0 aliphatic heterocycles. The second-order valence-electron chi connectivity index (χ2n) is 5.00. The van der Waals surface area contributed by atoms with E-state index in [2.05, 4.69) is 9.97 Å². The molecular weight excluding hydrogens is 274 g/mol. The lowest BCUT2D eigenvalue weighted by Gasteiger charge is -2.06. The molecule has 0 bridgehead atoms. The number of rotatable bonds is 1. The molecule has 0 spiro atoms. The lowest BCUT2D eigenvalue weighted by molar-refractivity contribution is 0.510. The van der Waals surface area contributed by atoms with Gasteiger partial charge in [-0.3, -0.25) is 4.79 Å². The summed E-state index contributed by atoms with van der Waals surface area (Å²) in [6.45, 7) is 3.93. The van der Waals surface area contributed by atoms with Gasteiger partial charge in [0.1, 0.15) is 5.82 Å². The van der Waals surface area contributed by atoms with Gasteiger partial charge in [-0.05, 0) is 37.1 Å². The minimum absolute atomic E-state index is 0.0292. The van der Waals surface area contributed by atoms with E-state index in [4.69, 9.17) is 0 Å². The number of aromatic nitrogens is 2. The maximum atomic E-state index is 13.3. The molecule has 0 fully saturated rings. The Morgan fingerprint density at radius 3 is 2.43 bits per heavy atom. The molecule has 0 aliphatic rings. The lowest BCUT2D eigenvalue weighted by Crippen LogP contribution is -2.10. The molecule has 3 nitrogen and oxygen atoms in total. The zero-order valence-corrected chi connectivity index (χ0v) is 11.5. The van der Waals surface area contributed by atoms with Crippen LogP contribution in [0.3, 0.4) is 0 Å². The van der Waals surface area contributed by atoms with Crippen LogP contribution >= 0.6 is 0 Å². The highest BCUT2D eigenvalue weighted by Gasteiger charge is 2.11. The number of halogens is 2. The van der Waals surface area contributed by atoms with Crippen LogP contribution in [0.25, 0.3) is 22.3 Å². The van der Waals surface area contributed by atoms with E-state index >= 15 is 0 Å². The molecule has 0 aliphatic carbocycles. The molecule has 0 radical (unpaired) electrons. The molecule has 0 atom stereocenters. The molecule has 106 valence electrons. The number of hydrogen-bond acceptors (Lipinski definition) is 2. The number of hydrogen-bond donors (Lipinski definition) is 1. The van der Waals surface area contributed by atoms with Crippen LogP contribution in [0.5, 0.6) is 0 Å². The molecule has 1 aromatic heterocycles. The van der Waals surface area contributed by atoms with Crippen LogP contribution in [-0.4, -0.2) is 9.97 Å². The van der Waals surface area contributed by atoms with E-state index in [0.717, 1.165) is 28.8 Å². The van der Waals surface area contributed by atoms with Crippen LogP contribution in [0.15, 0.2) is 35.1 Å². The van der Waals surface area contributed by atoms with E-state index in [1.807, 2.05) is 32.0 Å². The Balaban J connectivity index is 2.27. The summed E-state index contributed by atoms with van der Waals surface area (Å²) in [7, 11) is 0. The second kappa shape index (κ2) is 4.77. The number of aryl methyl sites for hydroxylation is 2. The third-order valence-electron chi connectivity index (χ3n) is 3.53. The number of aromatic amines is 1. The minimum atomic E-state index is -1.06. The number of H-pyrrole nitrogens is 1. The molecule has 5 heteroatoms. The van der Waals surface area contributed by atoms with Gasteiger partial charge in [0.15, 0.2) is 11.6 Å². The molecule has 0 unspecified atom stereocenters. The maximum absolute atomic E-state index is 13.3. The lowest BCUT2D eigenvalue weighted by atomic mass is 10.1. The van der Waals surface area contributed by atoms with Crippen LogP contribution < -0.4 is 5.56 Å². The van der Waals surface area contributed by atoms with Crippen molar-refractivity contribution in [3.63, 3.8) is 0 Å². The summed E-state index contributed by atoms with van der Waals surface area (Å²) >= 11 is 0. The predicted octanol–water partition coefficient (Wildman–Crippen LogP) is 3.49. The summed E-state index contributed by atoms with van der Waals surface area (Å²) in [5.41, 5.74) is 2.54. The van der Waals surface area contributed by atoms with Gasteiger partial charge < -0.3 is 4.98 Å². The summed E-state index contributed by atoms with van der Waals surface area (Å²) in [6.07, 6.45) is 0. The quantitative estimate of drug-likeness (QED) is 0.744. The van der Waals surface area contributed by atoms with Gasteiger partial charge in [0.25, 0.3) is 5.56 Å². The number of benzene rings is 2. The monoisotopic (exact) mass is 286 g/mol.